The van der Waals surface area contributed by atoms with Gasteiger partial charge in [0, 0.05) is 29.2 Å². The van der Waals surface area contributed by atoms with Crippen molar-refractivity contribution in [2.24, 2.45) is 11.7 Å². The Morgan fingerprint density at radius 3 is 0.208 bits per heavy atom. The quantitative estimate of drug-likeness (QED) is 0.133. The minimum atomic E-state index is -1.75. The van der Waals surface area contributed by atoms with Crippen LogP contribution in [0.2, 0.25) is 0 Å². The second-order valence-corrected chi connectivity index (χ2v) is 2.46. The summed E-state index contributed by atoms with van der Waals surface area (Å²) in [5, 5.41) is 162. The van der Waals surface area contributed by atoms with Crippen LogP contribution in [-0.4, -0.2) is 56.0 Å². The molecule has 46 nitrogen and oxygen atoms in total. The van der Waals surface area contributed by atoms with E-state index in [1.807, 2.05) is 0 Å². The molecule has 0 unspecified atom stereocenters. The zero-order valence-corrected chi connectivity index (χ0v) is 25.6. The van der Waals surface area contributed by atoms with Crippen molar-refractivity contribution in [3.05, 3.63) is 169 Å². The summed E-state index contributed by atoms with van der Waals surface area (Å²) >= 11 is 0. The van der Waals surface area contributed by atoms with Crippen molar-refractivity contribution in [2.45, 2.75) is 0 Å². The van der Waals surface area contributed by atoms with Crippen LogP contribution in [0.4, 0.5) is 0 Å². The van der Waals surface area contributed by atoms with Crippen molar-refractivity contribution in [1.29, 1.82) is 0 Å². The molecular weight excluding hydrogens is 1050 g/mol. The van der Waals surface area contributed by atoms with E-state index in [9.17, 15) is 0 Å². The molecule has 0 bridgehead atoms. The standard InChI is InChI=1S/H4N2.11NO3.Pu.Tc/c1-2;11*2-1(3)4;;/h1-2H2;;;;;;;;;;;;;/q;11*-1;;+7. The van der Waals surface area contributed by atoms with Crippen molar-refractivity contribution in [3.63, 3.8) is 0 Å². The maximum absolute atomic E-state index is 8.25. The van der Waals surface area contributed by atoms with Gasteiger partial charge in [-0.15, -0.1) is 0 Å². The molecule has 0 amide bonds. The van der Waals surface area contributed by atoms with Gasteiger partial charge >= 0.3 is 20.1 Å². The molecule has 4 N–H and O–H groups in total. The van der Waals surface area contributed by atoms with Crippen LogP contribution in [-0.2, 0) is 20.1 Å². The van der Waals surface area contributed by atoms with Crippen molar-refractivity contribution < 1.29 is 105 Å². The van der Waals surface area contributed by atoms with E-state index in [0.29, 0.717) is 0 Å². The first-order valence-corrected chi connectivity index (χ1v) is 6.36. The number of nitrogens with zero attached hydrogens (tertiary/aromatic N) is 11. The molecule has 0 spiro atoms. The van der Waals surface area contributed by atoms with E-state index in [1.54, 1.807) is 0 Å². The van der Waals surface area contributed by atoms with Crippen LogP contribution in [0.1, 0.15) is 0 Å². The molecule has 0 aromatic carbocycles. The van der Waals surface area contributed by atoms with Gasteiger partial charge in [-0.1, -0.05) is 0 Å². The third kappa shape index (κ3) is 1050. The molecule has 0 saturated carbocycles. The third-order valence-corrected chi connectivity index (χ3v) is 0. The Morgan fingerprint density at radius 2 is 0.208 bits per heavy atom. The Balaban J connectivity index is -0.0000000219. The molecule has 284 valence electrons. The van der Waals surface area contributed by atoms with Crippen molar-refractivity contribution >= 4 is 0 Å². The zero-order valence-electron chi connectivity index (χ0n) is 20.3. The number of hydrogen-bond donors (Lipinski definition) is 2. The monoisotopic (exact) mass is 1050 g/mol. The smallest absolute Gasteiger partial charge is 0.356 e. The Morgan fingerprint density at radius 1 is 0.208 bits per heavy atom. The molecule has 0 heterocycles. The van der Waals surface area contributed by atoms with Gasteiger partial charge in [0.05, 0.1) is 56.0 Å². The van der Waals surface area contributed by atoms with Gasteiger partial charge in [-0.3, -0.25) is 11.7 Å². The summed E-state index contributed by atoms with van der Waals surface area (Å²) in [7, 11) is 0. The summed E-state index contributed by atoms with van der Waals surface area (Å²) in [6, 6.07) is 0. The largest absolute Gasteiger partial charge is 7.00 e. The topological polar surface area (TPSA) is 780 Å². The molecule has 0 saturated heterocycles. The van der Waals surface area contributed by atoms with Gasteiger partial charge in [-0.25, -0.2) is 0 Å². The predicted molar refractivity (Wildman–Crippen MR) is 122 cm³/mol. The molecule has 0 rings (SSSR count). The van der Waals surface area contributed by atoms with E-state index in [1.165, 1.54) is 0 Å². The van der Waals surface area contributed by atoms with E-state index < -0.39 is 56.0 Å². The summed E-state index contributed by atoms with van der Waals surface area (Å²) in [5.74, 6) is 8.00. The minimum Gasteiger partial charge on any atom is -0.356 e. The Labute approximate surface area is 285 Å². The molecule has 0 fully saturated rings. The molecule has 0 aromatic heterocycles. The number of hydrazine groups is 1. The van der Waals surface area contributed by atoms with Crippen molar-refractivity contribution in [1.82, 2.24) is 0 Å². The first kappa shape index (κ1) is 90.0. The normalized spacial score (nSPS) is 5.62. The van der Waals surface area contributed by atoms with Gasteiger partial charge in [0.25, 0.3) is 0 Å². The fraction of sp³-hybridized carbons (Fsp3) is 0. The molecule has 0 atom stereocenters. The molecule has 48 heavy (non-hydrogen) atoms. The molecule has 48 heteroatoms. The summed E-state index contributed by atoms with van der Waals surface area (Å²) in [4.78, 5) is 90.8. The second kappa shape index (κ2) is 90.0. The van der Waals surface area contributed by atoms with E-state index in [0.717, 1.165) is 0 Å². The first-order valence-electron chi connectivity index (χ1n) is 6.36. The molecule has 0 aliphatic heterocycles. The zero-order chi connectivity index (χ0) is 41.4. The van der Waals surface area contributed by atoms with Crippen LogP contribution in [0, 0.1) is 198 Å². The maximum atomic E-state index is 8.25. The Hall–Kier alpha value is -7.24. The van der Waals surface area contributed by atoms with Crippen LogP contribution in [0.5, 0.6) is 0 Å². The van der Waals surface area contributed by atoms with Crippen LogP contribution in [0.15, 0.2) is 0 Å². The first-order chi connectivity index (χ1) is 20.1. The van der Waals surface area contributed by atoms with Gasteiger partial charge in [0.15, 0.2) is 0 Å². The number of rotatable bonds is 0. The molecule has 0 aromatic rings. The number of hydrogen-bond acceptors (Lipinski definition) is 35. The average molecular weight is 1060 g/mol. The van der Waals surface area contributed by atoms with Crippen LogP contribution >= 0.6 is 0 Å². The van der Waals surface area contributed by atoms with Gasteiger partial charge in [0.2, 0.25) is 0 Å². The summed E-state index contributed by atoms with van der Waals surface area (Å²) < 4.78 is 0. The summed E-state index contributed by atoms with van der Waals surface area (Å²) in [5.41, 5.74) is 0. The van der Waals surface area contributed by atoms with Crippen LogP contribution in [0.3, 0.4) is 0 Å². The number of nitrogens with two attached hydrogens (primary N) is 2. The molecule has 0 aliphatic carbocycles. The third-order valence-electron chi connectivity index (χ3n) is 0. The Kier molecular flexibility index (Phi) is 169. The average Bonchev–Trinajstić information content (AvgIpc) is 2.64. The van der Waals surface area contributed by atoms with Crippen molar-refractivity contribution in [3.8, 4) is 0 Å². The summed E-state index contributed by atoms with van der Waals surface area (Å²) in [6.07, 6.45) is 0. The van der Waals surface area contributed by atoms with E-state index in [4.69, 9.17) is 169 Å². The van der Waals surface area contributed by atoms with Gasteiger partial charge in [0.1, 0.15) is 0 Å². The SMILES string of the molecule is NN.O=[N+]([O-])[O-].O=[N+]([O-])[O-].O=[N+]([O-])[O-].O=[N+]([O-])[O-].O=[N+]([O-])[O-].O=[N+]([O-])[O-].O=[N+]([O-])[O-].O=[N+]([O-])[O-].O=[N+]([O-])[O-].O=[N+]([O-])[O-].O=[N+]([O-])[O-].[Pu].[Tc+7]. The molecule has 0 aliphatic rings. The Bertz CT molecular complexity index is 535. The molecule has 0 radical (unpaired) electrons. The summed E-state index contributed by atoms with van der Waals surface area (Å²) in [6.45, 7) is 0. The maximum Gasteiger partial charge on any atom is 7.00 e. The fourth-order valence-corrected chi connectivity index (χ4v) is 0. The predicted octanol–water partition coefficient (Wildman–Crippen LogP) is -3.81. The van der Waals surface area contributed by atoms with Crippen LogP contribution < -0.4 is 11.7 Å². The fourth-order valence-electron chi connectivity index (χ4n) is 0. The van der Waals surface area contributed by atoms with E-state index in [-0.39, 0.29) is 49.3 Å². The molecular formula is H4N13O33PuTc-4. The van der Waals surface area contributed by atoms with E-state index >= 15 is 0 Å². The van der Waals surface area contributed by atoms with Crippen LogP contribution in [0.25, 0.3) is 0 Å². The van der Waals surface area contributed by atoms with E-state index in [2.05, 4.69) is 11.7 Å². The van der Waals surface area contributed by atoms with Gasteiger partial charge in [-0.05, 0) is 0 Å². The minimum absolute atomic E-state index is 0. The van der Waals surface area contributed by atoms with Gasteiger partial charge < -0.3 is 169 Å². The van der Waals surface area contributed by atoms with Gasteiger partial charge in [-0.2, -0.15) is 0 Å². The second-order valence-electron chi connectivity index (χ2n) is 2.46. The van der Waals surface area contributed by atoms with Crippen molar-refractivity contribution in [2.75, 3.05) is 0 Å².